The summed E-state index contributed by atoms with van der Waals surface area (Å²) in [6, 6.07) is 18.0. The molecule has 2 aromatic carbocycles. The molecule has 3 aromatic rings. The maximum absolute atomic E-state index is 12.3. The molecular formula is C19H15Cl2N3O. The molecule has 0 radical (unpaired) electrons. The lowest BCUT2D eigenvalue weighted by atomic mass is 10.2. The number of aromatic nitrogens is 1. The van der Waals surface area contributed by atoms with Crippen LogP contribution in [0.3, 0.4) is 0 Å². The SMILES string of the molecule is O=C(Nc1ccc(Cl)cc1)c1cc(NCc2ccc(Cl)cc2)ccn1. The van der Waals surface area contributed by atoms with E-state index in [1.807, 2.05) is 30.3 Å². The summed E-state index contributed by atoms with van der Waals surface area (Å²) in [5, 5.41) is 7.37. The van der Waals surface area contributed by atoms with E-state index in [2.05, 4.69) is 15.6 Å². The minimum atomic E-state index is -0.280. The fourth-order valence-electron chi connectivity index (χ4n) is 2.20. The van der Waals surface area contributed by atoms with Gasteiger partial charge in [0.05, 0.1) is 0 Å². The van der Waals surface area contributed by atoms with Crippen LogP contribution < -0.4 is 10.6 Å². The number of hydrogen-bond acceptors (Lipinski definition) is 3. The number of carbonyl (C=O) groups excluding carboxylic acids is 1. The Kier molecular flexibility index (Phi) is 5.53. The first kappa shape index (κ1) is 17.3. The first-order valence-corrected chi connectivity index (χ1v) is 8.37. The third-order valence-electron chi connectivity index (χ3n) is 3.50. The highest BCUT2D eigenvalue weighted by Crippen LogP contribution is 2.16. The second-order valence-electron chi connectivity index (χ2n) is 5.37. The van der Waals surface area contributed by atoms with E-state index < -0.39 is 0 Å². The van der Waals surface area contributed by atoms with Crippen LogP contribution >= 0.6 is 23.2 Å². The Morgan fingerprint density at radius 2 is 1.52 bits per heavy atom. The van der Waals surface area contributed by atoms with Gasteiger partial charge in [-0.1, -0.05) is 35.3 Å². The quantitative estimate of drug-likeness (QED) is 0.643. The third-order valence-corrected chi connectivity index (χ3v) is 4.01. The molecule has 6 heteroatoms. The maximum Gasteiger partial charge on any atom is 0.274 e. The van der Waals surface area contributed by atoms with E-state index in [9.17, 15) is 4.79 Å². The lowest BCUT2D eigenvalue weighted by Gasteiger charge is -2.09. The molecule has 126 valence electrons. The van der Waals surface area contributed by atoms with Gasteiger partial charge in [-0.3, -0.25) is 9.78 Å². The normalized spacial score (nSPS) is 10.3. The zero-order valence-electron chi connectivity index (χ0n) is 13.2. The van der Waals surface area contributed by atoms with Crippen molar-refractivity contribution in [1.29, 1.82) is 0 Å². The van der Waals surface area contributed by atoms with Gasteiger partial charge in [0.15, 0.2) is 0 Å². The van der Waals surface area contributed by atoms with Crippen molar-refractivity contribution in [3.63, 3.8) is 0 Å². The second-order valence-corrected chi connectivity index (χ2v) is 6.24. The highest BCUT2D eigenvalue weighted by Gasteiger charge is 2.08. The summed E-state index contributed by atoms with van der Waals surface area (Å²) in [7, 11) is 0. The van der Waals surface area contributed by atoms with Gasteiger partial charge in [-0.15, -0.1) is 0 Å². The van der Waals surface area contributed by atoms with Crippen LogP contribution in [0.1, 0.15) is 16.1 Å². The first-order chi connectivity index (χ1) is 12.1. The topological polar surface area (TPSA) is 54.0 Å². The predicted molar refractivity (Wildman–Crippen MR) is 102 cm³/mol. The minimum absolute atomic E-state index is 0.280. The summed E-state index contributed by atoms with van der Waals surface area (Å²) < 4.78 is 0. The van der Waals surface area contributed by atoms with Crippen molar-refractivity contribution in [1.82, 2.24) is 4.98 Å². The lowest BCUT2D eigenvalue weighted by molar-refractivity contribution is 0.102. The van der Waals surface area contributed by atoms with E-state index in [1.54, 1.807) is 36.5 Å². The Morgan fingerprint density at radius 1 is 0.880 bits per heavy atom. The number of hydrogen-bond donors (Lipinski definition) is 2. The zero-order chi connectivity index (χ0) is 17.6. The van der Waals surface area contributed by atoms with Gasteiger partial charge in [0, 0.05) is 34.2 Å². The molecular weight excluding hydrogens is 357 g/mol. The van der Waals surface area contributed by atoms with Gasteiger partial charge in [0.25, 0.3) is 5.91 Å². The number of halogens is 2. The van der Waals surface area contributed by atoms with E-state index in [1.165, 1.54) is 0 Å². The fraction of sp³-hybridized carbons (Fsp3) is 0.0526. The number of nitrogens with zero attached hydrogens (tertiary/aromatic N) is 1. The van der Waals surface area contributed by atoms with Gasteiger partial charge in [-0.2, -0.15) is 0 Å². The molecule has 4 nitrogen and oxygen atoms in total. The summed E-state index contributed by atoms with van der Waals surface area (Å²) in [6.45, 7) is 0.624. The third kappa shape index (κ3) is 4.95. The van der Waals surface area contributed by atoms with E-state index in [4.69, 9.17) is 23.2 Å². The Balaban J connectivity index is 1.64. The van der Waals surface area contributed by atoms with Crippen LogP contribution in [-0.4, -0.2) is 10.9 Å². The van der Waals surface area contributed by atoms with Crippen LogP contribution in [0.25, 0.3) is 0 Å². The number of nitrogens with one attached hydrogen (secondary N) is 2. The van der Waals surface area contributed by atoms with Crippen molar-refractivity contribution in [3.8, 4) is 0 Å². The Bertz CT molecular complexity index is 865. The van der Waals surface area contributed by atoms with Crippen molar-refractivity contribution in [2.75, 3.05) is 10.6 Å². The standard InChI is InChI=1S/C19H15Cl2N3O/c20-14-3-1-13(2-4-14)12-23-17-9-10-22-18(11-17)19(25)24-16-7-5-15(21)6-8-16/h1-11H,12H2,(H,22,23)(H,24,25). The van der Waals surface area contributed by atoms with Crippen molar-refractivity contribution >= 4 is 40.5 Å². The molecule has 3 rings (SSSR count). The molecule has 0 unspecified atom stereocenters. The predicted octanol–water partition coefficient (Wildman–Crippen LogP) is 5.25. The van der Waals surface area contributed by atoms with Crippen LogP contribution in [-0.2, 0) is 6.54 Å². The van der Waals surface area contributed by atoms with Crippen LogP contribution in [0.2, 0.25) is 10.0 Å². The smallest absolute Gasteiger partial charge is 0.274 e. The largest absolute Gasteiger partial charge is 0.381 e. The van der Waals surface area contributed by atoms with Crippen LogP contribution in [0.15, 0.2) is 66.9 Å². The molecule has 0 aliphatic heterocycles. The molecule has 0 atom stereocenters. The minimum Gasteiger partial charge on any atom is -0.381 e. The van der Waals surface area contributed by atoms with Gasteiger partial charge in [0.1, 0.15) is 5.69 Å². The van der Waals surface area contributed by atoms with Gasteiger partial charge >= 0.3 is 0 Å². The van der Waals surface area contributed by atoms with Gasteiger partial charge < -0.3 is 10.6 Å². The molecule has 0 aliphatic carbocycles. The molecule has 0 saturated carbocycles. The Labute approximate surface area is 155 Å². The number of carbonyl (C=O) groups is 1. The van der Waals surface area contributed by atoms with Crippen LogP contribution in [0.4, 0.5) is 11.4 Å². The molecule has 25 heavy (non-hydrogen) atoms. The first-order valence-electron chi connectivity index (χ1n) is 7.61. The van der Waals surface area contributed by atoms with Crippen molar-refractivity contribution in [3.05, 3.63) is 88.2 Å². The molecule has 0 fully saturated rings. The van der Waals surface area contributed by atoms with Gasteiger partial charge in [0.2, 0.25) is 0 Å². The molecule has 0 spiro atoms. The number of amides is 1. The highest BCUT2D eigenvalue weighted by atomic mass is 35.5. The highest BCUT2D eigenvalue weighted by molar-refractivity contribution is 6.30. The maximum atomic E-state index is 12.3. The summed E-state index contributed by atoms with van der Waals surface area (Å²) in [6.07, 6.45) is 1.60. The monoisotopic (exact) mass is 371 g/mol. The lowest BCUT2D eigenvalue weighted by Crippen LogP contribution is -2.14. The summed E-state index contributed by atoms with van der Waals surface area (Å²) >= 11 is 11.7. The summed E-state index contributed by atoms with van der Waals surface area (Å²) in [5.74, 6) is -0.280. The van der Waals surface area contributed by atoms with Crippen molar-refractivity contribution in [2.45, 2.75) is 6.54 Å². The summed E-state index contributed by atoms with van der Waals surface area (Å²) in [5.41, 5.74) is 2.89. The number of pyridine rings is 1. The molecule has 2 N–H and O–H groups in total. The molecule has 1 aromatic heterocycles. The van der Waals surface area contributed by atoms with Gasteiger partial charge in [-0.05, 0) is 54.1 Å². The van der Waals surface area contributed by atoms with Crippen molar-refractivity contribution < 1.29 is 4.79 Å². The van der Waals surface area contributed by atoms with Crippen molar-refractivity contribution in [2.24, 2.45) is 0 Å². The molecule has 1 amide bonds. The van der Waals surface area contributed by atoms with E-state index in [-0.39, 0.29) is 5.91 Å². The number of rotatable bonds is 5. The van der Waals surface area contributed by atoms with E-state index in [0.717, 1.165) is 11.3 Å². The van der Waals surface area contributed by atoms with E-state index in [0.29, 0.717) is 28.0 Å². The van der Waals surface area contributed by atoms with Crippen LogP contribution in [0.5, 0.6) is 0 Å². The summed E-state index contributed by atoms with van der Waals surface area (Å²) in [4.78, 5) is 16.4. The molecule has 0 bridgehead atoms. The van der Waals surface area contributed by atoms with Crippen LogP contribution in [0, 0.1) is 0 Å². The van der Waals surface area contributed by atoms with E-state index >= 15 is 0 Å². The molecule has 1 heterocycles. The number of anilines is 2. The number of benzene rings is 2. The Morgan fingerprint density at radius 3 is 2.20 bits per heavy atom. The zero-order valence-corrected chi connectivity index (χ0v) is 14.7. The van der Waals surface area contributed by atoms with Gasteiger partial charge in [-0.25, -0.2) is 0 Å². The molecule has 0 aliphatic rings. The molecule has 0 saturated heterocycles. The Hall–Kier alpha value is -2.56. The average Bonchev–Trinajstić information content (AvgIpc) is 2.63. The second kappa shape index (κ2) is 8.01. The average molecular weight is 372 g/mol. The fourth-order valence-corrected chi connectivity index (χ4v) is 2.45.